The average molecular weight is 329 g/mol. The third-order valence-electron chi connectivity index (χ3n) is 5.56. The van der Waals surface area contributed by atoms with Crippen molar-refractivity contribution < 1.29 is 9.59 Å². The Kier molecular flexibility index (Phi) is 3.86. The summed E-state index contributed by atoms with van der Waals surface area (Å²) in [6.45, 7) is 4.06. The second-order valence-corrected chi connectivity index (χ2v) is 7.18. The molecule has 1 spiro atoms. The van der Waals surface area contributed by atoms with E-state index in [1.165, 1.54) is 0 Å². The Labute approximate surface area is 141 Å². The minimum Gasteiger partial charge on any atom is -0.356 e. The lowest BCUT2D eigenvalue weighted by Crippen LogP contribution is -2.44. The summed E-state index contributed by atoms with van der Waals surface area (Å²) >= 11 is 0. The molecule has 3 aliphatic rings. The molecule has 4 heterocycles. The van der Waals surface area contributed by atoms with Gasteiger partial charge in [0.2, 0.25) is 11.9 Å². The van der Waals surface area contributed by atoms with Crippen LogP contribution in [0.15, 0.2) is 12.3 Å². The number of piperidine rings is 1. The van der Waals surface area contributed by atoms with Gasteiger partial charge >= 0.3 is 0 Å². The number of likely N-dealkylation sites (tertiary alicyclic amines) is 1. The van der Waals surface area contributed by atoms with Gasteiger partial charge in [0, 0.05) is 45.3 Å². The Balaban J connectivity index is 1.43. The first-order chi connectivity index (χ1) is 11.7. The van der Waals surface area contributed by atoms with Crippen LogP contribution < -0.4 is 10.2 Å². The Morgan fingerprint density at radius 2 is 1.92 bits per heavy atom. The lowest BCUT2D eigenvalue weighted by molar-refractivity contribution is -0.119. The lowest BCUT2D eigenvalue weighted by atomic mass is 9.77. The SMILES string of the molecule is O=C1CC2(CCN(C(=O)c3ccnc(N4CCCC4)n3)CC2)CN1. The standard InChI is InChI=1S/C17H23N5O2/c23-14-11-17(12-19-14)4-9-21(10-5-17)15(24)13-3-6-18-16(20-13)22-7-1-2-8-22/h3,6H,1-2,4-5,7-12H2,(H,19,23). The highest BCUT2D eigenvalue weighted by atomic mass is 16.2. The maximum Gasteiger partial charge on any atom is 0.272 e. The van der Waals surface area contributed by atoms with Crippen LogP contribution in [0.25, 0.3) is 0 Å². The lowest BCUT2D eigenvalue weighted by Gasteiger charge is -2.38. The van der Waals surface area contributed by atoms with Crippen LogP contribution >= 0.6 is 0 Å². The number of aromatic nitrogens is 2. The third-order valence-corrected chi connectivity index (χ3v) is 5.56. The first kappa shape index (κ1) is 15.4. The van der Waals surface area contributed by atoms with E-state index in [0.717, 1.165) is 45.3 Å². The molecule has 128 valence electrons. The predicted octanol–water partition coefficient (Wildman–Crippen LogP) is 0.819. The second-order valence-electron chi connectivity index (χ2n) is 7.18. The van der Waals surface area contributed by atoms with Gasteiger partial charge in [0.1, 0.15) is 5.69 Å². The van der Waals surface area contributed by atoms with Gasteiger partial charge in [-0.15, -0.1) is 0 Å². The molecule has 1 aromatic rings. The number of amides is 2. The van der Waals surface area contributed by atoms with Gasteiger partial charge in [-0.25, -0.2) is 9.97 Å². The molecule has 2 amide bonds. The highest BCUT2D eigenvalue weighted by Crippen LogP contribution is 2.37. The first-order valence-corrected chi connectivity index (χ1v) is 8.79. The monoisotopic (exact) mass is 329 g/mol. The van der Waals surface area contributed by atoms with Crippen molar-refractivity contribution in [2.45, 2.75) is 32.1 Å². The number of hydrogen-bond donors (Lipinski definition) is 1. The maximum atomic E-state index is 12.8. The van der Waals surface area contributed by atoms with Crippen LogP contribution in [-0.2, 0) is 4.79 Å². The number of nitrogens with zero attached hydrogens (tertiary/aromatic N) is 4. The summed E-state index contributed by atoms with van der Waals surface area (Å²) in [5, 5.41) is 2.93. The smallest absolute Gasteiger partial charge is 0.272 e. The zero-order chi connectivity index (χ0) is 16.6. The van der Waals surface area contributed by atoms with Gasteiger partial charge in [-0.3, -0.25) is 9.59 Å². The van der Waals surface area contributed by atoms with Gasteiger partial charge in [-0.05, 0) is 37.2 Å². The van der Waals surface area contributed by atoms with Crippen molar-refractivity contribution in [3.8, 4) is 0 Å². The molecule has 0 aromatic carbocycles. The van der Waals surface area contributed by atoms with Crippen LogP contribution in [0.3, 0.4) is 0 Å². The topological polar surface area (TPSA) is 78.4 Å². The van der Waals surface area contributed by atoms with Crippen LogP contribution in [0.4, 0.5) is 5.95 Å². The Bertz CT molecular complexity index is 648. The minimum absolute atomic E-state index is 0.0232. The van der Waals surface area contributed by atoms with E-state index in [1.54, 1.807) is 12.3 Å². The molecule has 0 radical (unpaired) electrons. The molecule has 3 fully saturated rings. The second kappa shape index (κ2) is 6.03. The fraction of sp³-hybridized carbons (Fsp3) is 0.647. The van der Waals surface area contributed by atoms with Gasteiger partial charge in [0.05, 0.1) is 0 Å². The molecule has 1 aromatic heterocycles. The highest BCUT2D eigenvalue weighted by molar-refractivity contribution is 5.92. The summed E-state index contributed by atoms with van der Waals surface area (Å²) in [5.41, 5.74) is 0.531. The molecule has 0 aliphatic carbocycles. The Hall–Kier alpha value is -2.18. The number of hydrogen-bond acceptors (Lipinski definition) is 5. The molecule has 0 saturated carbocycles. The molecule has 1 N–H and O–H groups in total. The molecule has 7 heteroatoms. The fourth-order valence-electron chi connectivity index (χ4n) is 3.99. The van der Waals surface area contributed by atoms with Crippen molar-refractivity contribution in [1.29, 1.82) is 0 Å². The summed E-state index contributed by atoms with van der Waals surface area (Å²) in [6, 6.07) is 1.70. The molecule has 0 atom stereocenters. The normalized spacial score (nSPS) is 22.9. The van der Waals surface area contributed by atoms with Crippen molar-refractivity contribution in [2.75, 3.05) is 37.6 Å². The molecular formula is C17H23N5O2. The number of nitrogens with one attached hydrogen (secondary N) is 1. The van der Waals surface area contributed by atoms with Gasteiger partial charge in [-0.1, -0.05) is 0 Å². The van der Waals surface area contributed by atoms with E-state index < -0.39 is 0 Å². The quantitative estimate of drug-likeness (QED) is 0.869. The zero-order valence-corrected chi connectivity index (χ0v) is 13.8. The minimum atomic E-state index is -0.0232. The maximum absolute atomic E-state index is 12.8. The largest absolute Gasteiger partial charge is 0.356 e. The number of carbonyl (C=O) groups is 2. The molecule has 3 saturated heterocycles. The van der Waals surface area contributed by atoms with Crippen LogP contribution in [0.1, 0.15) is 42.6 Å². The summed E-state index contributed by atoms with van der Waals surface area (Å²) in [5.74, 6) is 0.781. The van der Waals surface area contributed by atoms with Gasteiger partial charge < -0.3 is 15.1 Å². The molecule has 0 unspecified atom stereocenters. The van der Waals surface area contributed by atoms with Crippen molar-refractivity contribution in [3.63, 3.8) is 0 Å². The van der Waals surface area contributed by atoms with Crippen molar-refractivity contribution in [2.24, 2.45) is 5.41 Å². The van der Waals surface area contributed by atoms with Crippen LogP contribution in [0.5, 0.6) is 0 Å². The van der Waals surface area contributed by atoms with Crippen molar-refractivity contribution >= 4 is 17.8 Å². The van der Waals surface area contributed by atoms with Gasteiger partial charge in [0.25, 0.3) is 5.91 Å². The number of anilines is 1. The summed E-state index contributed by atoms with van der Waals surface area (Å²) in [7, 11) is 0. The molecule has 7 nitrogen and oxygen atoms in total. The number of carbonyl (C=O) groups excluding carboxylic acids is 2. The summed E-state index contributed by atoms with van der Waals surface area (Å²) < 4.78 is 0. The molecule has 4 rings (SSSR count). The van der Waals surface area contributed by atoms with Crippen molar-refractivity contribution in [3.05, 3.63) is 18.0 Å². The van der Waals surface area contributed by atoms with E-state index in [1.807, 2.05) is 4.90 Å². The van der Waals surface area contributed by atoms with E-state index in [4.69, 9.17) is 0 Å². The van der Waals surface area contributed by atoms with Gasteiger partial charge in [0.15, 0.2) is 0 Å². The molecule has 3 aliphatic heterocycles. The van der Waals surface area contributed by atoms with Crippen LogP contribution in [-0.4, -0.2) is 59.4 Å². The summed E-state index contributed by atoms with van der Waals surface area (Å²) in [6.07, 6.45) is 6.34. The van der Waals surface area contributed by atoms with Crippen molar-refractivity contribution in [1.82, 2.24) is 20.2 Å². The van der Waals surface area contributed by atoms with Gasteiger partial charge in [-0.2, -0.15) is 0 Å². The predicted molar refractivity (Wildman–Crippen MR) is 88.7 cm³/mol. The Morgan fingerprint density at radius 1 is 1.17 bits per heavy atom. The average Bonchev–Trinajstić information content (AvgIpc) is 3.26. The molecule has 0 bridgehead atoms. The summed E-state index contributed by atoms with van der Waals surface area (Å²) in [4.78, 5) is 37.1. The highest BCUT2D eigenvalue weighted by Gasteiger charge is 2.41. The number of rotatable bonds is 2. The molecular weight excluding hydrogens is 306 g/mol. The Morgan fingerprint density at radius 3 is 2.58 bits per heavy atom. The van der Waals surface area contributed by atoms with E-state index in [0.29, 0.717) is 31.2 Å². The molecule has 24 heavy (non-hydrogen) atoms. The third kappa shape index (κ3) is 2.83. The van der Waals surface area contributed by atoms with E-state index in [-0.39, 0.29) is 17.2 Å². The van der Waals surface area contributed by atoms with E-state index in [9.17, 15) is 9.59 Å². The zero-order valence-electron chi connectivity index (χ0n) is 13.8. The van der Waals surface area contributed by atoms with Crippen LogP contribution in [0, 0.1) is 5.41 Å². The van der Waals surface area contributed by atoms with E-state index in [2.05, 4.69) is 20.2 Å². The van der Waals surface area contributed by atoms with E-state index >= 15 is 0 Å². The first-order valence-electron chi connectivity index (χ1n) is 8.79. The fourth-order valence-corrected chi connectivity index (χ4v) is 3.99. The van der Waals surface area contributed by atoms with Crippen LogP contribution in [0.2, 0.25) is 0 Å².